The minimum absolute atomic E-state index is 0.135. The van der Waals surface area contributed by atoms with Crippen LogP contribution in [0.15, 0.2) is 168 Å². The number of aromatic hydroxyl groups is 1. The molecule has 15 rings (SSSR count). The summed E-state index contributed by atoms with van der Waals surface area (Å²) in [5, 5.41) is 38.0. The first-order valence-corrected chi connectivity index (χ1v) is 46.0. The first kappa shape index (κ1) is 81.4. The summed E-state index contributed by atoms with van der Waals surface area (Å²) in [4.78, 5) is 43.0. The number of fused-ring (bicyclic) bond motifs is 12. The van der Waals surface area contributed by atoms with Gasteiger partial charge in [0, 0.05) is 65.1 Å². The molecule has 7 aromatic carbocycles. The predicted octanol–water partition coefficient (Wildman–Crippen LogP) is 30.1. The number of rotatable bonds is 34. The molecule has 0 atom stereocenters. The molecule has 11 aromatic rings. The van der Waals surface area contributed by atoms with E-state index >= 15 is 4.79 Å². The Morgan fingerprint density at radius 2 is 0.802 bits per heavy atom. The highest BCUT2D eigenvalue weighted by atomic mass is 35.5. The van der Waals surface area contributed by atoms with Gasteiger partial charge in [0.05, 0.1) is 81.7 Å². The number of ketones is 2. The van der Waals surface area contributed by atoms with Crippen LogP contribution >= 0.6 is 68.5 Å². The van der Waals surface area contributed by atoms with Gasteiger partial charge >= 0.3 is 0 Å². The lowest BCUT2D eigenvalue weighted by Crippen LogP contribution is -2.29. The Kier molecular flexibility index (Phi) is 25.3. The Hall–Kier alpha value is -9.70. The van der Waals surface area contributed by atoms with Crippen molar-refractivity contribution in [1.29, 1.82) is 10.5 Å². The van der Waals surface area contributed by atoms with Crippen molar-refractivity contribution in [3.8, 4) is 43.1 Å². The number of aryl methyl sites for hydroxylation is 4. The summed E-state index contributed by atoms with van der Waals surface area (Å²) in [6.07, 6.45) is 32.0. The van der Waals surface area contributed by atoms with Crippen LogP contribution in [0.25, 0.3) is 72.7 Å². The number of phenols is 1. The van der Waals surface area contributed by atoms with Gasteiger partial charge in [-0.15, -0.1) is 45.3 Å². The number of ether oxygens (including phenoxy) is 1. The second-order valence-corrected chi connectivity index (χ2v) is 36.7. The Balaban J connectivity index is 1.05. The number of carbonyl (C=O) groups is 2. The Bertz CT molecular complexity index is 5790. The van der Waals surface area contributed by atoms with Crippen LogP contribution in [0.2, 0.25) is 10.0 Å². The normalized spacial score (nSPS) is 15.5. The number of halogens is 2. The lowest BCUT2D eigenvalue weighted by molar-refractivity contribution is 0.103. The molecule has 14 heteroatoms. The topological polar surface area (TPSA) is 120 Å². The molecule has 1 N–H and O–H groups in total. The standard InChI is InChI=1S/C102H96Cl2N4O4S4/c1-8-13-18-23-24-31-54-112-94-88-90-100(96-80(58-72(114-96)56-78-86(84(62-106)108-7)75-59-81(103)82(104)60-76(75)92(78)110)102(90,69-50-42-65(43-51-69)34-27-21-16-11-4)70-52-44-66(45-53-70)35-28-22-17-12-5)115-97(88)93(111)87-89-99(116-98(87)94)95-79(57-71(113-95)55-77-85(83(61-105)107-6)73-36-29-30-37-74(73)91(77)109)101(89,67-46-38-63(39-47-67)32-25-19-14-9-2)68-48-40-64(41-49-68)33-26-20-15-10-3/h29-30,36-53,55-60,111H,8-28,31-35,54H2,1-5H3/b77-55-,78-56-,85-83-,86-84+. The van der Waals surface area contributed by atoms with E-state index in [1.807, 2.05) is 30.4 Å². The summed E-state index contributed by atoms with van der Waals surface area (Å²) >= 11 is 19.8. The van der Waals surface area contributed by atoms with Gasteiger partial charge in [0.15, 0.2) is 11.6 Å². The average Bonchev–Trinajstić information content (AvgIpc) is 1.49. The van der Waals surface area contributed by atoms with Crippen molar-refractivity contribution in [2.24, 2.45) is 0 Å². The second-order valence-electron chi connectivity index (χ2n) is 31.7. The number of Topliss-reactive ketones (excluding diaryl/α,β-unsaturated/α-hetero) is 2. The number of hydrogen-bond donors (Lipinski definition) is 1. The van der Waals surface area contributed by atoms with E-state index in [9.17, 15) is 20.4 Å². The number of nitriles is 2. The number of allylic oxidation sites excluding steroid dienone is 6. The van der Waals surface area contributed by atoms with E-state index < -0.39 is 10.8 Å². The quantitative estimate of drug-likeness (QED) is 0.0186. The van der Waals surface area contributed by atoms with Crippen molar-refractivity contribution in [1.82, 2.24) is 0 Å². The van der Waals surface area contributed by atoms with Crippen molar-refractivity contribution in [3.05, 3.63) is 300 Å². The zero-order valence-electron chi connectivity index (χ0n) is 67.0. The highest BCUT2D eigenvalue weighted by molar-refractivity contribution is 7.29. The van der Waals surface area contributed by atoms with E-state index in [4.69, 9.17) is 41.1 Å². The van der Waals surface area contributed by atoms with Gasteiger partial charge in [0.2, 0.25) is 0 Å². The number of thiophene rings is 4. The molecule has 0 amide bonds. The third-order valence-corrected chi connectivity index (χ3v) is 29.9. The molecule has 0 bridgehead atoms. The smallest absolute Gasteiger partial charge is 0.270 e. The van der Waals surface area contributed by atoms with E-state index in [0.717, 1.165) is 230 Å². The van der Waals surface area contributed by atoms with Crippen LogP contribution in [0.4, 0.5) is 0 Å². The van der Waals surface area contributed by atoms with Gasteiger partial charge in [0.25, 0.3) is 11.4 Å². The van der Waals surface area contributed by atoms with Crippen LogP contribution in [0, 0.1) is 35.8 Å². The van der Waals surface area contributed by atoms with E-state index in [1.165, 1.54) is 54.4 Å². The Labute approximate surface area is 709 Å². The number of unbranched alkanes of at least 4 members (excludes halogenated alkanes) is 17. The molecule has 0 fully saturated rings. The molecule has 0 aliphatic heterocycles. The predicted molar refractivity (Wildman–Crippen MR) is 485 cm³/mol. The summed E-state index contributed by atoms with van der Waals surface area (Å²) in [6, 6.07) is 56.2. The van der Waals surface area contributed by atoms with Gasteiger partial charge in [0.1, 0.15) is 11.5 Å². The summed E-state index contributed by atoms with van der Waals surface area (Å²) in [6.45, 7) is 28.2. The maximum atomic E-state index is 15.1. The molecule has 116 heavy (non-hydrogen) atoms. The summed E-state index contributed by atoms with van der Waals surface area (Å²) in [5.41, 5.74) is 13.5. The third-order valence-electron chi connectivity index (χ3n) is 24.3. The monoisotopic (exact) mass is 1640 g/mol. The van der Waals surface area contributed by atoms with Gasteiger partial charge in [-0.3, -0.25) is 9.59 Å². The first-order chi connectivity index (χ1) is 56.7. The molecule has 0 saturated heterocycles. The summed E-state index contributed by atoms with van der Waals surface area (Å²) < 4.78 is 9.38. The largest absolute Gasteiger partial charge is 0.506 e. The van der Waals surface area contributed by atoms with Crippen molar-refractivity contribution < 1.29 is 19.4 Å². The molecular weight excluding hydrogens is 1540 g/mol. The molecule has 0 unspecified atom stereocenters. The first-order valence-electron chi connectivity index (χ1n) is 42.0. The van der Waals surface area contributed by atoms with Gasteiger partial charge in [-0.2, -0.15) is 0 Å². The van der Waals surface area contributed by atoms with Crippen LogP contribution < -0.4 is 4.74 Å². The maximum absolute atomic E-state index is 15.1. The average molecular weight is 1640 g/mol. The minimum atomic E-state index is -1.07. The lowest BCUT2D eigenvalue weighted by atomic mass is 9.66. The fourth-order valence-corrected chi connectivity index (χ4v) is 24.1. The van der Waals surface area contributed by atoms with E-state index in [0.29, 0.717) is 39.1 Å². The third kappa shape index (κ3) is 14.8. The van der Waals surface area contributed by atoms with E-state index in [1.54, 1.807) is 63.5 Å². The number of nitrogens with zero attached hydrogens (tertiary/aromatic N) is 4. The highest BCUT2D eigenvalue weighted by Crippen LogP contribution is 2.71. The van der Waals surface area contributed by atoms with E-state index in [2.05, 4.69) is 166 Å². The fourth-order valence-electron chi connectivity index (χ4n) is 18.4. The molecule has 0 saturated carbocycles. The Morgan fingerprint density at radius 1 is 0.440 bits per heavy atom. The van der Waals surface area contributed by atoms with Crippen LogP contribution in [-0.2, 0) is 36.5 Å². The number of carbonyl (C=O) groups excluding carboxylic acids is 2. The van der Waals surface area contributed by atoms with Crippen molar-refractivity contribution >= 4 is 124 Å². The van der Waals surface area contributed by atoms with Crippen LogP contribution in [0.5, 0.6) is 11.5 Å². The van der Waals surface area contributed by atoms with Gasteiger partial charge in [-0.1, -0.05) is 288 Å². The summed E-state index contributed by atoms with van der Waals surface area (Å²) in [7, 11) is 0. The molecule has 4 aliphatic rings. The van der Waals surface area contributed by atoms with Crippen molar-refractivity contribution in [2.45, 2.75) is 212 Å². The zero-order chi connectivity index (χ0) is 80.8. The zero-order valence-corrected chi connectivity index (χ0v) is 71.7. The number of phenolic OH excluding ortho intramolecular Hbond substituents is 1. The fraction of sp³-hybridized carbons (Fsp3) is 0.333. The SMILES string of the molecule is [C-]#[N+]/C(C#N)=C1\C(=C\c2cc3c(s2)-c2sc4c(OCCCCCCCC)c5c6c(sc5c(O)c4c2C3(c2ccc(CCCCCC)cc2)c2ccc(CCCCCC)cc2)-c2sc(/C=C3\C(=O)c4cc(Cl)c(Cl)cc4\C3=C(\C#N)[N+]#[C-])cc2C6(c2ccc(CCCCCC)cc2)c2ccc(CCCCCC)cc2)C(=O)c2ccccc21. The minimum Gasteiger partial charge on any atom is -0.506 e. The molecule has 4 heterocycles. The van der Waals surface area contributed by atoms with Gasteiger partial charge in [-0.05, 0) is 161 Å². The molecule has 8 nitrogen and oxygen atoms in total. The number of hydrogen-bond acceptors (Lipinski definition) is 10. The highest BCUT2D eigenvalue weighted by Gasteiger charge is 2.55. The maximum Gasteiger partial charge on any atom is 0.270 e. The van der Waals surface area contributed by atoms with E-state index in [-0.39, 0.29) is 55.5 Å². The van der Waals surface area contributed by atoms with Crippen molar-refractivity contribution in [2.75, 3.05) is 6.61 Å². The summed E-state index contributed by atoms with van der Waals surface area (Å²) in [5.74, 6) is 0.290. The van der Waals surface area contributed by atoms with Crippen LogP contribution in [-0.4, -0.2) is 23.3 Å². The second kappa shape index (κ2) is 36.0. The van der Waals surface area contributed by atoms with Crippen LogP contribution in [0.3, 0.4) is 0 Å². The molecule has 586 valence electrons. The molecule has 0 spiro atoms. The van der Waals surface area contributed by atoms with Gasteiger partial charge in [-0.25, -0.2) is 20.2 Å². The molecular formula is C102H96Cl2N4O4S4. The van der Waals surface area contributed by atoms with Crippen LogP contribution in [0.1, 0.15) is 284 Å². The molecule has 0 radical (unpaired) electrons. The molecule has 4 aromatic heterocycles. The van der Waals surface area contributed by atoms with Gasteiger partial charge < -0.3 is 9.84 Å². The van der Waals surface area contributed by atoms with Crippen molar-refractivity contribution in [3.63, 3.8) is 0 Å². The lowest BCUT2D eigenvalue weighted by Gasteiger charge is -2.34. The molecule has 4 aliphatic carbocycles. The Morgan fingerprint density at radius 3 is 1.22 bits per heavy atom. The number of benzene rings is 7.